The highest BCUT2D eigenvalue weighted by atomic mass is 16.6. The number of ether oxygens (including phenoxy) is 3. The number of fused-ring (bicyclic) bond motifs is 5. The summed E-state index contributed by atoms with van der Waals surface area (Å²) in [6.45, 7) is 8.00. The molecule has 1 aromatic rings. The molecule has 4 rings (SSSR count). The quantitative estimate of drug-likeness (QED) is 0.448. The zero-order valence-corrected chi connectivity index (χ0v) is 15.9. The van der Waals surface area contributed by atoms with Gasteiger partial charge in [0.15, 0.2) is 0 Å². The third-order valence-corrected chi connectivity index (χ3v) is 5.78. The Morgan fingerprint density at radius 1 is 1.41 bits per heavy atom. The summed E-state index contributed by atoms with van der Waals surface area (Å²) in [7, 11) is 1.36. The molecule has 0 aliphatic carbocycles. The number of esters is 2. The van der Waals surface area contributed by atoms with Gasteiger partial charge in [-0.1, -0.05) is 12.2 Å². The molecule has 0 N–H and O–H groups in total. The van der Waals surface area contributed by atoms with Crippen LogP contribution in [-0.4, -0.2) is 30.8 Å². The average molecular weight is 372 g/mol. The van der Waals surface area contributed by atoms with Gasteiger partial charge in [-0.05, 0) is 44.7 Å². The van der Waals surface area contributed by atoms with Crippen molar-refractivity contribution in [1.82, 2.24) is 0 Å². The largest absolute Gasteiger partial charge is 0.465 e. The van der Waals surface area contributed by atoms with E-state index in [1.807, 2.05) is 19.9 Å². The van der Waals surface area contributed by atoms with Crippen molar-refractivity contribution in [2.75, 3.05) is 7.11 Å². The van der Waals surface area contributed by atoms with Crippen molar-refractivity contribution in [3.8, 4) is 0 Å². The van der Waals surface area contributed by atoms with Crippen LogP contribution in [0.3, 0.4) is 0 Å². The minimum atomic E-state index is -0.485. The van der Waals surface area contributed by atoms with Crippen LogP contribution in [-0.2, 0) is 25.4 Å². The van der Waals surface area contributed by atoms with Crippen LogP contribution in [0, 0.1) is 5.92 Å². The lowest BCUT2D eigenvalue weighted by Gasteiger charge is -2.16. The van der Waals surface area contributed by atoms with Crippen molar-refractivity contribution >= 4 is 11.9 Å². The summed E-state index contributed by atoms with van der Waals surface area (Å²) >= 11 is 0. The minimum absolute atomic E-state index is 0.0763. The molecule has 0 saturated carbocycles. The van der Waals surface area contributed by atoms with E-state index in [9.17, 15) is 9.59 Å². The Labute approximate surface area is 158 Å². The number of methoxy groups -OCH3 is 1. The van der Waals surface area contributed by atoms with Crippen LogP contribution in [0.25, 0.3) is 0 Å². The van der Waals surface area contributed by atoms with Crippen LogP contribution in [0.15, 0.2) is 34.3 Å². The summed E-state index contributed by atoms with van der Waals surface area (Å²) < 4.78 is 22.4. The van der Waals surface area contributed by atoms with Crippen LogP contribution in [0.4, 0.5) is 0 Å². The van der Waals surface area contributed by atoms with Gasteiger partial charge in [-0.25, -0.2) is 9.59 Å². The summed E-state index contributed by atoms with van der Waals surface area (Å²) in [6, 6.07) is 1.72. The predicted octanol–water partition coefficient (Wildman–Crippen LogP) is 3.67. The van der Waals surface area contributed by atoms with Crippen molar-refractivity contribution in [3.05, 3.63) is 47.0 Å². The molecule has 1 saturated heterocycles. The first-order valence-electron chi connectivity index (χ1n) is 9.26. The molecule has 6 heteroatoms. The Bertz CT molecular complexity index is 847. The molecule has 1 fully saturated rings. The second-order valence-electron chi connectivity index (χ2n) is 7.91. The Hall–Kier alpha value is -2.34. The van der Waals surface area contributed by atoms with Crippen molar-refractivity contribution in [2.24, 2.45) is 5.92 Å². The molecule has 0 spiro atoms. The van der Waals surface area contributed by atoms with Gasteiger partial charge in [0.2, 0.25) is 0 Å². The summed E-state index contributed by atoms with van der Waals surface area (Å²) in [6.07, 6.45) is 3.78. The highest BCUT2D eigenvalue weighted by Gasteiger charge is 2.57. The van der Waals surface area contributed by atoms with E-state index in [4.69, 9.17) is 18.6 Å². The van der Waals surface area contributed by atoms with Gasteiger partial charge in [-0.15, -0.1) is 0 Å². The van der Waals surface area contributed by atoms with Crippen molar-refractivity contribution in [1.29, 1.82) is 0 Å². The third kappa shape index (κ3) is 3.23. The zero-order chi connectivity index (χ0) is 19.3. The minimum Gasteiger partial charge on any atom is -0.465 e. The lowest BCUT2D eigenvalue weighted by molar-refractivity contribution is -0.140. The maximum absolute atomic E-state index is 12.2. The van der Waals surface area contributed by atoms with Gasteiger partial charge >= 0.3 is 11.9 Å². The molecule has 144 valence electrons. The third-order valence-electron chi connectivity index (χ3n) is 5.78. The maximum atomic E-state index is 12.2. The number of rotatable bonds is 2. The van der Waals surface area contributed by atoms with Crippen molar-refractivity contribution in [2.45, 2.75) is 57.3 Å². The number of hydrogen-bond acceptors (Lipinski definition) is 6. The van der Waals surface area contributed by atoms with E-state index in [0.717, 1.165) is 12.0 Å². The van der Waals surface area contributed by atoms with E-state index in [0.29, 0.717) is 41.9 Å². The Kier molecular flexibility index (Phi) is 4.26. The summed E-state index contributed by atoms with van der Waals surface area (Å²) in [5.41, 5.74) is 1.64. The predicted molar refractivity (Wildman–Crippen MR) is 96.1 cm³/mol. The molecule has 6 nitrogen and oxygen atoms in total. The first-order valence-corrected chi connectivity index (χ1v) is 9.26. The summed E-state index contributed by atoms with van der Waals surface area (Å²) in [5, 5.41) is 0. The number of carbonyl (C=O) groups is 2. The second kappa shape index (κ2) is 6.37. The molecule has 27 heavy (non-hydrogen) atoms. The second-order valence-corrected chi connectivity index (χ2v) is 7.91. The molecule has 4 atom stereocenters. The number of furan rings is 1. The summed E-state index contributed by atoms with van der Waals surface area (Å²) in [5.74, 6) is 0.611. The molecule has 4 bridgehead atoms. The highest BCUT2D eigenvalue weighted by molar-refractivity contribution is 5.91. The van der Waals surface area contributed by atoms with Crippen LogP contribution in [0.5, 0.6) is 0 Å². The van der Waals surface area contributed by atoms with E-state index in [2.05, 4.69) is 6.58 Å². The van der Waals surface area contributed by atoms with Gasteiger partial charge in [0.25, 0.3) is 0 Å². The maximum Gasteiger partial charge on any atom is 0.341 e. The average Bonchev–Trinajstić information content (AvgIpc) is 2.94. The number of carbonyl (C=O) groups excluding carboxylic acids is 2. The van der Waals surface area contributed by atoms with E-state index in [-0.39, 0.29) is 24.1 Å². The Morgan fingerprint density at radius 2 is 2.19 bits per heavy atom. The fourth-order valence-electron chi connectivity index (χ4n) is 4.06. The molecule has 1 aromatic heterocycles. The smallest absolute Gasteiger partial charge is 0.341 e. The number of allylic oxidation sites excluding steroid dienone is 1. The van der Waals surface area contributed by atoms with E-state index in [1.54, 1.807) is 6.07 Å². The molecule has 0 unspecified atom stereocenters. The Balaban J connectivity index is 1.72. The van der Waals surface area contributed by atoms with Gasteiger partial charge in [-0.3, -0.25) is 0 Å². The summed E-state index contributed by atoms with van der Waals surface area (Å²) in [4.78, 5) is 24.4. The number of epoxide rings is 1. The lowest BCUT2D eigenvalue weighted by atomic mass is 9.89. The Morgan fingerprint density at radius 3 is 2.89 bits per heavy atom. The molecule has 4 heterocycles. The molecule has 0 aromatic carbocycles. The van der Waals surface area contributed by atoms with Gasteiger partial charge in [0, 0.05) is 18.4 Å². The number of hydrogen-bond donors (Lipinski definition) is 0. The molecule has 3 aliphatic heterocycles. The fraction of sp³-hybridized carbons (Fsp3) is 0.524. The first-order chi connectivity index (χ1) is 12.8. The first kappa shape index (κ1) is 18.0. The van der Waals surface area contributed by atoms with Crippen molar-refractivity contribution in [3.63, 3.8) is 0 Å². The molecular formula is C21H24O6. The molecular weight excluding hydrogens is 348 g/mol. The molecule has 0 radical (unpaired) electrons. The zero-order valence-electron chi connectivity index (χ0n) is 15.9. The molecule has 0 amide bonds. The van der Waals surface area contributed by atoms with Crippen LogP contribution in [0.2, 0.25) is 0 Å². The van der Waals surface area contributed by atoms with E-state index in [1.165, 1.54) is 7.11 Å². The topological polar surface area (TPSA) is 78.3 Å². The van der Waals surface area contributed by atoms with Crippen molar-refractivity contribution < 1.29 is 28.2 Å². The fourth-order valence-corrected chi connectivity index (χ4v) is 4.06. The lowest BCUT2D eigenvalue weighted by Crippen LogP contribution is -2.18. The molecule has 3 aliphatic rings. The normalized spacial score (nSPS) is 32.2. The van der Waals surface area contributed by atoms with Crippen LogP contribution >= 0.6 is 0 Å². The standard InChI is InChI=1S/C21H24O6/c1-11(2)12-5-6-13-7-14(25-19(13)22)10-21(3)18(27-21)17-9-15(20(23)24-4)16(8-12)26-17/h7,9,12,14,18H,1,5-6,8,10H2,2-4H3/t12-,14-,18-,21-/m0/s1. The van der Waals surface area contributed by atoms with Gasteiger partial charge in [-0.2, -0.15) is 0 Å². The van der Waals surface area contributed by atoms with Crippen LogP contribution < -0.4 is 0 Å². The monoisotopic (exact) mass is 372 g/mol. The van der Waals surface area contributed by atoms with E-state index >= 15 is 0 Å². The van der Waals surface area contributed by atoms with Gasteiger partial charge in [0.05, 0.1) is 7.11 Å². The SMILES string of the molecule is C=C(C)[C@H]1CCC2=C[C@@H](C[C@]3(C)O[C@H]3c3cc(C(=O)OC)c(o3)C1)OC2=O. The highest BCUT2D eigenvalue weighted by Crippen LogP contribution is 2.54. The van der Waals surface area contributed by atoms with Gasteiger partial charge in [0.1, 0.15) is 34.9 Å². The van der Waals surface area contributed by atoms with Gasteiger partial charge < -0.3 is 18.6 Å². The van der Waals surface area contributed by atoms with Crippen LogP contribution in [0.1, 0.15) is 61.1 Å². The van der Waals surface area contributed by atoms with E-state index < -0.39 is 11.6 Å².